The van der Waals surface area contributed by atoms with Crippen LogP contribution in [0.1, 0.15) is 58.3 Å². The third-order valence-corrected chi connectivity index (χ3v) is 6.11. The van der Waals surface area contributed by atoms with Gasteiger partial charge < -0.3 is 20.3 Å². The highest BCUT2D eigenvalue weighted by molar-refractivity contribution is 14.0. The molecule has 0 aromatic rings. The summed E-state index contributed by atoms with van der Waals surface area (Å²) in [5.41, 5.74) is 0.523. The van der Waals surface area contributed by atoms with Crippen molar-refractivity contribution in [1.29, 1.82) is 0 Å². The fourth-order valence-electron chi connectivity index (χ4n) is 4.52. The first-order valence-corrected chi connectivity index (χ1v) is 10.0. The molecule has 1 atom stereocenters. The second-order valence-electron chi connectivity index (χ2n) is 7.97. The van der Waals surface area contributed by atoms with Crippen LogP contribution in [0.2, 0.25) is 0 Å². The Hall–Kier alpha value is -0.730. The Morgan fingerprint density at radius 3 is 2.62 bits per heavy atom. The van der Waals surface area contributed by atoms with Gasteiger partial charge in [0.15, 0.2) is 5.96 Å². The van der Waals surface area contributed by atoms with Crippen LogP contribution >= 0.6 is 24.0 Å². The number of likely N-dealkylation sites (tertiary alicyclic amines) is 1. The normalized spacial score (nSPS) is 23.3. The van der Waals surface area contributed by atoms with Gasteiger partial charge in [-0.2, -0.15) is 0 Å². The predicted octanol–water partition coefficient (Wildman–Crippen LogP) is 3.36. The van der Waals surface area contributed by atoms with Crippen molar-refractivity contribution in [3.63, 3.8) is 0 Å². The molecule has 0 radical (unpaired) electrons. The third kappa shape index (κ3) is 5.63. The lowest BCUT2D eigenvalue weighted by atomic mass is 9.73. The zero-order valence-electron chi connectivity index (χ0n) is 16.3. The number of halogens is 1. The molecule has 0 aromatic heterocycles. The Kier molecular flexibility index (Phi) is 8.29. The van der Waals surface area contributed by atoms with E-state index in [4.69, 9.17) is 4.74 Å². The van der Waals surface area contributed by atoms with E-state index in [0.717, 1.165) is 25.6 Å². The van der Waals surface area contributed by atoms with Crippen molar-refractivity contribution in [3.05, 3.63) is 0 Å². The van der Waals surface area contributed by atoms with Crippen LogP contribution in [0.5, 0.6) is 0 Å². The Morgan fingerprint density at radius 1 is 1.27 bits per heavy atom. The van der Waals surface area contributed by atoms with Gasteiger partial charge in [0.1, 0.15) is 0 Å². The summed E-state index contributed by atoms with van der Waals surface area (Å²) < 4.78 is 5.04. The molecule has 3 aliphatic rings. The molecule has 1 saturated heterocycles. The number of aliphatic imine (C=N–C) groups is 1. The summed E-state index contributed by atoms with van der Waals surface area (Å²) in [5, 5.41) is 6.52. The largest absolute Gasteiger partial charge is 0.450 e. The highest BCUT2D eigenvalue weighted by Gasteiger charge is 2.40. The van der Waals surface area contributed by atoms with Gasteiger partial charge in [0.05, 0.1) is 12.6 Å². The maximum Gasteiger partial charge on any atom is 0.407 e. The summed E-state index contributed by atoms with van der Waals surface area (Å²) in [6.45, 7) is 5.19. The molecule has 1 heterocycles. The predicted molar refractivity (Wildman–Crippen MR) is 115 cm³/mol. The number of guanidine groups is 1. The lowest BCUT2D eigenvalue weighted by Crippen LogP contribution is -2.49. The summed E-state index contributed by atoms with van der Waals surface area (Å²) >= 11 is 0. The number of nitrogens with one attached hydrogen (secondary N) is 2. The third-order valence-electron chi connectivity index (χ3n) is 6.11. The van der Waals surface area contributed by atoms with Crippen molar-refractivity contribution in [3.8, 4) is 0 Å². The fourth-order valence-corrected chi connectivity index (χ4v) is 4.52. The molecule has 0 aromatic carbocycles. The molecule has 7 heteroatoms. The van der Waals surface area contributed by atoms with E-state index in [1.165, 1.54) is 51.4 Å². The maximum atomic E-state index is 11.8. The number of alkyl carbamates (subject to hydrolysis) is 1. The number of ether oxygens (including phenoxy) is 1. The maximum absolute atomic E-state index is 11.8. The smallest absolute Gasteiger partial charge is 0.407 e. The van der Waals surface area contributed by atoms with Crippen molar-refractivity contribution in [1.82, 2.24) is 15.5 Å². The van der Waals surface area contributed by atoms with Gasteiger partial charge in [-0.05, 0) is 50.4 Å². The number of carbonyl (C=O) groups is 1. The van der Waals surface area contributed by atoms with Crippen molar-refractivity contribution in [2.24, 2.45) is 16.3 Å². The van der Waals surface area contributed by atoms with Crippen molar-refractivity contribution < 1.29 is 9.53 Å². The van der Waals surface area contributed by atoms with E-state index in [-0.39, 0.29) is 36.1 Å². The minimum absolute atomic E-state index is 0. The van der Waals surface area contributed by atoms with E-state index in [9.17, 15) is 4.79 Å². The number of hydrogen-bond donors (Lipinski definition) is 2. The molecule has 3 rings (SSSR count). The Balaban J connectivity index is 0.00000243. The molecule has 3 fully saturated rings. The van der Waals surface area contributed by atoms with Crippen LogP contribution in [0.3, 0.4) is 0 Å². The van der Waals surface area contributed by atoms with Crippen LogP contribution < -0.4 is 10.6 Å². The van der Waals surface area contributed by atoms with Crippen molar-refractivity contribution in [2.45, 2.75) is 64.3 Å². The van der Waals surface area contributed by atoms with E-state index in [1.807, 2.05) is 14.0 Å². The van der Waals surface area contributed by atoms with Crippen molar-refractivity contribution >= 4 is 36.0 Å². The Labute approximate surface area is 174 Å². The van der Waals surface area contributed by atoms with Crippen LogP contribution in [-0.2, 0) is 4.74 Å². The SMILES string of the molecule is CCOC(=O)NC(CNC(=NC)N1CCC2(CCCCC2)C1)C1CC1.I. The summed E-state index contributed by atoms with van der Waals surface area (Å²) in [6, 6.07) is 0.127. The number of carbonyl (C=O) groups excluding carboxylic acids is 1. The standard InChI is InChI=1S/C19H34N4O2.HI/c1-3-25-18(24)22-16(15-7-8-15)13-21-17(20-2)23-12-11-19(14-23)9-5-4-6-10-19;/h15-16H,3-14H2,1-2H3,(H,20,21)(H,22,24);1H. The minimum Gasteiger partial charge on any atom is -0.450 e. The average molecular weight is 478 g/mol. The summed E-state index contributed by atoms with van der Waals surface area (Å²) in [5.74, 6) is 1.55. The average Bonchev–Trinajstić information content (AvgIpc) is 3.38. The van der Waals surface area contributed by atoms with Gasteiger partial charge in [0.25, 0.3) is 0 Å². The van der Waals surface area contributed by atoms with Gasteiger partial charge in [-0.25, -0.2) is 4.79 Å². The van der Waals surface area contributed by atoms with Gasteiger partial charge in [-0.3, -0.25) is 4.99 Å². The van der Waals surface area contributed by atoms with Gasteiger partial charge in [0, 0.05) is 26.7 Å². The fraction of sp³-hybridized carbons (Fsp3) is 0.895. The molecule has 1 unspecified atom stereocenters. The molecule has 1 aliphatic heterocycles. The zero-order chi connectivity index (χ0) is 17.7. The van der Waals surface area contributed by atoms with E-state index in [0.29, 0.717) is 17.9 Å². The lowest BCUT2D eigenvalue weighted by molar-refractivity contribution is 0.146. The van der Waals surface area contributed by atoms with Crippen LogP contribution in [0.15, 0.2) is 4.99 Å². The minimum atomic E-state index is -0.307. The second-order valence-corrected chi connectivity index (χ2v) is 7.97. The van der Waals surface area contributed by atoms with E-state index < -0.39 is 0 Å². The zero-order valence-corrected chi connectivity index (χ0v) is 18.6. The van der Waals surface area contributed by atoms with E-state index in [2.05, 4.69) is 20.5 Å². The first kappa shape index (κ1) is 21.6. The van der Waals surface area contributed by atoms with Gasteiger partial charge in [0.2, 0.25) is 0 Å². The topological polar surface area (TPSA) is 66.0 Å². The number of rotatable bonds is 5. The molecule has 0 bridgehead atoms. The first-order valence-electron chi connectivity index (χ1n) is 10.0. The monoisotopic (exact) mass is 478 g/mol. The summed E-state index contributed by atoms with van der Waals surface area (Å²) in [4.78, 5) is 18.7. The number of amides is 1. The van der Waals surface area contributed by atoms with Crippen LogP contribution in [0, 0.1) is 11.3 Å². The number of hydrogen-bond acceptors (Lipinski definition) is 3. The van der Waals surface area contributed by atoms with Crippen molar-refractivity contribution in [2.75, 3.05) is 33.3 Å². The molecule has 2 N–H and O–H groups in total. The van der Waals surface area contributed by atoms with Gasteiger partial charge >= 0.3 is 6.09 Å². The Bertz CT molecular complexity index is 490. The molecule has 150 valence electrons. The molecule has 2 saturated carbocycles. The first-order chi connectivity index (χ1) is 12.2. The molecule has 1 amide bonds. The summed E-state index contributed by atoms with van der Waals surface area (Å²) in [6.07, 6.45) is 10.3. The highest BCUT2D eigenvalue weighted by atomic mass is 127. The second kappa shape index (κ2) is 9.99. The van der Waals surface area contributed by atoms with Crippen LogP contribution in [-0.4, -0.2) is 56.3 Å². The summed E-state index contributed by atoms with van der Waals surface area (Å²) in [7, 11) is 1.86. The van der Waals surface area contributed by atoms with Crippen LogP contribution in [0.25, 0.3) is 0 Å². The molecule has 26 heavy (non-hydrogen) atoms. The van der Waals surface area contributed by atoms with E-state index in [1.54, 1.807) is 0 Å². The molecule has 6 nitrogen and oxygen atoms in total. The molecule has 1 spiro atoms. The van der Waals surface area contributed by atoms with E-state index >= 15 is 0 Å². The van der Waals surface area contributed by atoms with Crippen LogP contribution in [0.4, 0.5) is 4.79 Å². The molecule has 2 aliphatic carbocycles. The highest BCUT2D eigenvalue weighted by Crippen LogP contribution is 2.43. The molecular formula is C19H35IN4O2. The number of nitrogens with zero attached hydrogens (tertiary/aromatic N) is 2. The van der Waals surface area contributed by atoms with Gasteiger partial charge in [-0.15, -0.1) is 24.0 Å². The molecular weight excluding hydrogens is 443 g/mol. The van der Waals surface area contributed by atoms with Gasteiger partial charge in [-0.1, -0.05) is 19.3 Å². The lowest BCUT2D eigenvalue weighted by Gasteiger charge is -2.34. The quantitative estimate of drug-likeness (QED) is 0.362. The Morgan fingerprint density at radius 2 is 2.00 bits per heavy atom.